The number of hydrogen-bond donors (Lipinski definition) is 0. The van der Waals surface area contributed by atoms with Gasteiger partial charge in [-0.05, 0) is 29.8 Å². The predicted octanol–water partition coefficient (Wildman–Crippen LogP) is 4.02. The highest BCUT2D eigenvalue weighted by Gasteiger charge is 2.10. The monoisotopic (exact) mass is 335 g/mol. The Morgan fingerprint density at radius 2 is 1.59 bits per heavy atom. The van der Waals surface area contributed by atoms with Gasteiger partial charge in [-0.2, -0.15) is 0 Å². The van der Waals surface area contributed by atoms with Crippen molar-refractivity contribution in [2.24, 2.45) is 0 Å². The number of benzene rings is 1. The molecule has 0 amide bonds. The van der Waals surface area contributed by atoms with E-state index >= 15 is 0 Å². The van der Waals surface area contributed by atoms with E-state index in [2.05, 4.69) is 15.0 Å². The summed E-state index contributed by atoms with van der Waals surface area (Å²) in [7, 11) is 3.19. The predicted molar refractivity (Wildman–Crippen MR) is 85.9 cm³/mol. The average Bonchev–Trinajstić information content (AvgIpc) is 2.53. The zero-order valence-corrected chi connectivity index (χ0v) is 13.3. The van der Waals surface area contributed by atoms with E-state index < -0.39 is 0 Å². The largest absolute Gasteiger partial charge is 0.497 e. The summed E-state index contributed by atoms with van der Waals surface area (Å²) < 4.78 is 10.5. The maximum absolute atomic E-state index is 6.13. The van der Waals surface area contributed by atoms with E-state index in [0.29, 0.717) is 28.1 Å². The number of methoxy groups -OCH3 is 2. The van der Waals surface area contributed by atoms with E-state index in [-0.39, 0.29) is 10.4 Å². The van der Waals surface area contributed by atoms with Crippen molar-refractivity contribution < 1.29 is 9.47 Å². The fraction of sp³-hybridized carbons (Fsp3) is 0.133. The fourth-order valence-electron chi connectivity index (χ4n) is 2.08. The maximum Gasteiger partial charge on any atom is 0.224 e. The third kappa shape index (κ3) is 2.77. The number of halogens is 2. The highest BCUT2D eigenvalue weighted by molar-refractivity contribution is 6.35. The average molecular weight is 336 g/mol. The number of nitrogens with zero attached hydrogens (tertiary/aromatic N) is 3. The molecular formula is C15H11Cl2N3O2. The zero-order valence-electron chi connectivity index (χ0n) is 11.8. The number of pyridine rings is 1. The minimum atomic E-state index is 0.0927. The first kappa shape index (κ1) is 14.8. The second-order valence-electron chi connectivity index (χ2n) is 4.47. The molecule has 0 saturated heterocycles. The topological polar surface area (TPSA) is 57.1 Å². The second-order valence-corrected chi connectivity index (χ2v) is 5.17. The van der Waals surface area contributed by atoms with Gasteiger partial charge in [0.2, 0.25) is 5.28 Å². The standard InChI is InChI=1S/C15H11Cl2N3O2/c1-21-9-3-8(4-10(5-9)22-2)12-6-11-13(7-18-12)19-15(17)20-14(11)16/h3-7H,1-2H3. The summed E-state index contributed by atoms with van der Waals surface area (Å²) in [6.45, 7) is 0. The van der Waals surface area contributed by atoms with Crippen LogP contribution in [0.5, 0.6) is 11.5 Å². The third-order valence-corrected chi connectivity index (χ3v) is 3.61. The van der Waals surface area contributed by atoms with Crippen molar-refractivity contribution in [3.05, 3.63) is 40.9 Å². The smallest absolute Gasteiger partial charge is 0.224 e. The lowest BCUT2D eigenvalue weighted by Crippen LogP contribution is -1.92. The molecule has 0 N–H and O–H groups in total. The van der Waals surface area contributed by atoms with Crippen molar-refractivity contribution in [3.63, 3.8) is 0 Å². The molecule has 0 aliphatic rings. The summed E-state index contributed by atoms with van der Waals surface area (Å²) >= 11 is 11.9. The van der Waals surface area contributed by atoms with Crippen molar-refractivity contribution in [2.45, 2.75) is 0 Å². The van der Waals surface area contributed by atoms with E-state index in [1.807, 2.05) is 18.2 Å². The Morgan fingerprint density at radius 3 is 2.23 bits per heavy atom. The van der Waals surface area contributed by atoms with Crippen LogP contribution < -0.4 is 9.47 Å². The van der Waals surface area contributed by atoms with E-state index in [1.54, 1.807) is 26.5 Å². The van der Waals surface area contributed by atoms with Crippen LogP contribution in [0.15, 0.2) is 30.5 Å². The Hall–Kier alpha value is -2.11. The molecule has 3 aromatic rings. The van der Waals surface area contributed by atoms with Crippen LogP contribution in [0, 0.1) is 0 Å². The Morgan fingerprint density at radius 1 is 0.909 bits per heavy atom. The number of aromatic nitrogens is 3. The van der Waals surface area contributed by atoms with Crippen molar-refractivity contribution in [3.8, 4) is 22.8 Å². The Balaban J connectivity index is 2.18. The summed E-state index contributed by atoms with van der Waals surface area (Å²) in [5.74, 6) is 1.35. The minimum Gasteiger partial charge on any atom is -0.497 e. The van der Waals surface area contributed by atoms with Gasteiger partial charge < -0.3 is 9.47 Å². The molecule has 0 aliphatic carbocycles. The lowest BCUT2D eigenvalue weighted by atomic mass is 10.1. The number of hydrogen-bond acceptors (Lipinski definition) is 5. The molecule has 0 atom stereocenters. The fourth-order valence-corrected chi connectivity index (χ4v) is 2.53. The minimum absolute atomic E-state index is 0.0927. The molecule has 2 heterocycles. The highest BCUT2D eigenvalue weighted by atomic mass is 35.5. The van der Waals surface area contributed by atoms with Crippen LogP contribution in [-0.2, 0) is 0 Å². The summed E-state index contributed by atoms with van der Waals surface area (Å²) in [5, 5.41) is 1.06. The zero-order chi connectivity index (χ0) is 15.7. The summed E-state index contributed by atoms with van der Waals surface area (Å²) in [5.41, 5.74) is 2.13. The molecule has 0 saturated carbocycles. The van der Waals surface area contributed by atoms with Crippen LogP contribution in [-0.4, -0.2) is 29.2 Å². The normalized spacial score (nSPS) is 10.7. The molecule has 1 aromatic carbocycles. The van der Waals surface area contributed by atoms with E-state index in [1.165, 1.54) is 0 Å². The Bertz CT molecular complexity index is 833. The maximum atomic E-state index is 6.13. The number of ether oxygens (including phenoxy) is 2. The molecular weight excluding hydrogens is 325 g/mol. The van der Waals surface area contributed by atoms with Crippen LogP contribution in [0.25, 0.3) is 22.2 Å². The van der Waals surface area contributed by atoms with Crippen LogP contribution in [0.4, 0.5) is 0 Å². The van der Waals surface area contributed by atoms with E-state index in [4.69, 9.17) is 32.7 Å². The van der Waals surface area contributed by atoms with Crippen LogP contribution in [0.2, 0.25) is 10.4 Å². The number of rotatable bonds is 3. The van der Waals surface area contributed by atoms with Gasteiger partial charge in [0.25, 0.3) is 0 Å². The highest BCUT2D eigenvalue weighted by Crippen LogP contribution is 2.31. The van der Waals surface area contributed by atoms with Gasteiger partial charge >= 0.3 is 0 Å². The Kier molecular flexibility index (Phi) is 4.00. The molecule has 3 rings (SSSR count). The summed E-state index contributed by atoms with van der Waals surface area (Å²) in [4.78, 5) is 12.4. The van der Waals surface area contributed by atoms with Gasteiger partial charge in [-0.25, -0.2) is 9.97 Å². The lowest BCUT2D eigenvalue weighted by molar-refractivity contribution is 0.394. The molecule has 112 valence electrons. The SMILES string of the molecule is COc1cc(OC)cc(-c2cc3c(Cl)nc(Cl)nc3cn2)c1. The summed E-state index contributed by atoms with van der Waals surface area (Å²) in [6, 6.07) is 7.32. The van der Waals surface area contributed by atoms with Crippen LogP contribution >= 0.6 is 23.2 Å². The van der Waals surface area contributed by atoms with Crippen LogP contribution in [0.3, 0.4) is 0 Å². The molecule has 7 heteroatoms. The van der Waals surface area contributed by atoms with Gasteiger partial charge in [0.15, 0.2) is 0 Å². The molecule has 2 aromatic heterocycles. The molecule has 5 nitrogen and oxygen atoms in total. The molecule has 22 heavy (non-hydrogen) atoms. The van der Waals surface area contributed by atoms with Gasteiger partial charge in [-0.3, -0.25) is 4.98 Å². The van der Waals surface area contributed by atoms with Gasteiger partial charge in [0.1, 0.15) is 16.7 Å². The van der Waals surface area contributed by atoms with Crippen molar-refractivity contribution in [1.29, 1.82) is 0 Å². The first-order valence-electron chi connectivity index (χ1n) is 6.33. The molecule has 0 aliphatic heterocycles. The molecule has 0 spiro atoms. The molecule has 0 bridgehead atoms. The lowest BCUT2D eigenvalue weighted by Gasteiger charge is -2.09. The first-order valence-corrected chi connectivity index (χ1v) is 7.08. The summed E-state index contributed by atoms with van der Waals surface area (Å²) in [6.07, 6.45) is 1.61. The quantitative estimate of drug-likeness (QED) is 0.534. The van der Waals surface area contributed by atoms with E-state index in [0.717, 1.165) is 5.56 Å². The van der Waals surface area contributed by atoms with Gasteiger partial charge in [0.05, 0.1) is 31.6 Å². The van der Waals surface area contributed by atoms with Gasteiger partial charge in [-0.1, -0.05) is 11.6 Å². The Labute approximate surface area is 136 Å². The van der Waals surface area contributed by atoms with Crippen LogP contribution in [0.1, 0.15) is 0 Å². The third-order valence-electron chi connectivity index (χ3n) is 3.16. The molecule has 0 unspecified atom stereocenters. The molecule has 0 radical (unpaired) electrons. The van der Waals surface area contributed by atoms with E-state index in [9.17, 15) is 0 Å². The number of fused-ring (bicyclic) bond motifs is 1. The van der Waals surface area contributed by atoms with Crippen molar-refractivity contribution >= 4 is 34.1 Å². The van der Waals surface area contributed by atoms with Crippen molar-refractivity contribution in [1.82, 2.24) is 15.0 Å². The van der Waals surface area contributed by atoms with Crippen molar-refractivity contribution in [2.75, 3.05) is 14.2 Å². The first-order chi connectivity index (χ1) is 10.6. The second kappa shape index (κ2) is 5.94. The van der Waals surface area contributed by atoms with Gasteiger partial charge in [-0.15, -0.1) is 0 Å². The van der Waals surface area contributed by atoms with Gasteiger partial charge in [0, 0.05) is 17.0 Å². The molecule has 0 fully saturated rings.